The molecule has 3 aliphatic rings. The first-order valence-corrected chi connectivity index (χ1v) is 16.4. The van der Waals surface area contributed by atoms with Gasteiger partial charge in [0.25, 0.3) is 0 Å². The van der Waals surface area contributed by atoms with Crippen LogP contribution in [0.5, 0.6) is 23.0 Å². The highest BCUT2D eigenvalue weighted by Gasteiger charge is 2.46. The number of rotatable bonds is 6. The zero-order chi connectivity index (χ0) is 34.1. The van der Waals surface area contributed by atoms with Gasteiger partial charge in [-0.25, -0.2) is 8.78 Å². The Labute approximate surface area is 284 Å². The van der Waals surface area contributed by atoms with Gasteiger partial charge in [-0.3, -0.25) is 0 Å². The predicted octanol–water partition coefficient (Wildman–Crippen LogP) is 8.64. The van der Waals surface area contributed by atoms with Gasteiger partial charge in [0.15, 0.2) is 17.1 Å². The molecule has 2 aliphatic heterocycles. The van der Waals surface area contributed by atoms with Crippen molar-refractivity contribution in [3.8, 4) is 34.1 Å². The molecule has 0 aromatic heterocycles. The highest BCUT2D eigenvalue weighted by molar-refractivity contribution is 6.09. The molecule has 0 bridgehead atoms. The third-order valence-electron chi connectivity index (χ3n) is 10.3. The van der Waals surface area contributed by atoms with Gasteiger partial charge in [-0.1, -0.05) is 44.2 Å². The van der Waals surface area contributed by atoms with Crippen LogP contribution in [0.25, 0.3) is 28.0 Å². The lowest BCUT2D eigenvalue weighted by atomic mass is 9.76. The van der Waals surface area contributed by atoms with E-state index in [-0.39, 0.29) is 0 Å². The van der Waals surface area contributed by atoms with Gasteiger partial charge in [0.2, 0.25) is 0 Å². The molecule has 1 saturated heterocycles. The van der Waals surface area contributed by atoms with Crippen molar-refractivity contribution < 1.29 is 32.5 Å². The predicted molar refractivity (Wildman–Crippen MR) is 187 cm³/mol. The molecule has 5 aromatic rings. The maximum atomic E-state index is 15.7. The summed E-state index contributed by atoms with van der Waals surface area (Å²) in [6, 6.07) is 22.5. The smallest absolute Gasteiger partial charge is 0.178 e. The van der Waals surface area contributed by atoms with Crippen molar-refractivity contribution >= 4 is 22.5 Å². The second-order valence-corrected chi connectivity index (χ2v) is 13.2. The van der Waals surface area contributed by atoms with E-state index in [0.29, 0.717) is 41.6 Å². The van der Waals surface area contributed by atoms with E-state index < -0.39 is 22.7 Å². The first kappa shape index (κ1) is 31.2. The normalized spacial score (nSPS) is 18.8. The van der Waals surface area contributed by atoms with Crippen LogP contribution in [0.1, 0.15) is 41.7 Å². The highest BCUT2D eigenvalue weighted by atomic mass is 19.1. The molecule has 6 nitrogen and oxygen atoms in total. The van der Waals surface area contributed by atoms with Crippen molar-refractivity contribution in [3.05, 3.63) is 118 Å². The molecule has 8 heteroatoms. The van der Waals surface area contributed by atoms with E-state index in [1.54, 1.807) is 21.3 Å². The van der Waals surface area contributed by atoms with Crippen LogP contribution in [0.4, 0.5) is 14.5 Å². The first-order valence-electron chi connectivity index (χ1n) is 16.4. The van der Waals surface area contributed by atoms with Crippen LogP contribution >= 0.6 is 0 Å². The summed E-state index contributed by atoms with van der Waals surface area (Å²) in [7, 11) is 4.81. The van der Waals surface area contributed by atoms with Gasteiger partial charge in [-0.2, -0.15) is 0 Å². The van der Waals surface area contributed by atoms with Crippen LogP contribution in [0, 0.1) is 11.6 Å². The Kier molecular flexibility index (Phi) is 7.33. The molecule has 0 amide bonds. The van der Waals surface area contributed by atoms with Crippen molar-refractivity contribution in [1.29, 1.82) is 0 Å². The molecule has 0 radical (unpaired) electrons. The minimum Gasteiger partial charge on any atom is -0.497 e. The number of anilines is 1. The molecule has 0 spiro atoms. The molecule has 1 unspecified atom stereocenters. The number of halogens is 2. The molecule has 8 rings (SSSR count). The summed E-state index contributed by atoms with van der Waals surface area (Å²) in [5.41, 5.74) is 4.52. The first-order chi connectivity index (χ1) is 23.7. The Hall–Kier alpha value is -5.08. The van der Waals surface area contributed by atoms with Gasteiger partial charge in [0, 0.05) is 57.9 Å². The molecule has 250 valence electrons. The van der Waals surface area contributed by atoms with Gasteiger partial charge in [-0.15, -0.1) is 0 Å². The van der Waals surface area contributed by atoms with Crippen molar-refractivity contribution in [2.24, 2.45) is 0 Å². The molecule has 5 aromatic carbocycles. The number of hydrogen-bond donors (Lipinski definition) is 0. The average Bonchev–Trinajstić information content (AvgIpc) is 3.37. The quantitative estimate of drug-likeness (QED) is 0.182. The van der Waals surface area contributed by atoms with Gasteiger partial charge in [-0.05, 0) is 70.6 Å². The molecular weight excluding hydrogens is 624 g/mol. The number of morpholine rings is 1. The largest absolute Gasteiger partial charge is 0.497 e. The van der Waals surface area contributed by atoms with Crippen molar-refractivity contribution in [3.63, 3.8) is 0 Å². The average molecular weight is 662 g/mol. The van der Waals surface area contributed by atoms with Crippen LogP contribution in [0.15, 0.2) is 78.9 Å². The molecule has 49 heavy (non-hydrogen) atoms. The van der Waals surface area contributed by atoms with E-state index in [9.17, 15) is 4.39 Å². The Balaban J connectivity index is 1.40. The number of methoxy groups -OCH3 is 3. The Morgan fingerprint density at radius 1 is 0.735 bits per heavy atom. The van der Waals surface area contributed by atoms with Gasteiger partial charge < -0.3 is 28.6 Å². The zero-order valence-corrected chi connectivity index (χ0v) is 28.2. The monoisotopic (exact) mass is 661 g/mol. The number of ether oxygens (including phenoxy) is 5. The molecule has 0 N–H and O–H groups in total. The topological polar surface area (TPSA) is 49.4 Å². The molecule has 1 fully saturated rings. The second kappa shape index (κ2) is 11.5. The second-order valence-electron chi connectivity index (χ2n) is 13.2. The van der Waals surface area contributed by atoms with Crippen molar-refractivity contribution in [2.75, 3.05) is 52.5 Å². The van der Waals surface area contributed by atoms with E-state index in [0.717, 1.165) is 69.2 Å². The Bertz CT molecular complexity index is 2140. The summed E-state index contributed by atoms with van der Waals surface area (Å²) in [5, 5.41) is 1.50. The lowest BCUT2D eigenvalue weighted by Gasteiger charge is -2.39. The van der Waals surface area contributed by atoms with Crippen LogP contribution in [-0.4, -0.2) is 47.6 Å². The minimum atomic E-state index is -1.04. The SMILES string of the molecule is COc1ccc(C2(c3ccc(N4CCOCC4)cc3)C=Cc3c4c(c5cc(OC)c(OC)cc5c3O2)-c2cc(F)cc(F)c2C4(C)C)cc1. The lowest BCUT2D eigenvalue weighted by molar-refractivity contribution is 0.122. The summed E-state index contributed by atoms with van der Waals surface area (Å²) in [6.07, 6.45) is 4.15. The lowest BCUT2D eigenvalue weighted by Crippen LogP contribution is -2.37. The molecule has 1 atom stereocenters. The van der Waals surface area contributed by atoms with Crippen LogP contribution in [0.2, 0.25) is 0 Å². The van der Waals surface area contributed by atoms with Gasteiger partial charge in [0.1, 0.15) is 23.1 Å². The summed E-state index contributed by atoms with van der Waals surface area (Å²) < 4.78 is 60.6. The van der Waals surface area contributed by atoms with Crippen molar-refractivity contribution in [1.82, 2.24) is 0 Å². The zero-order valence-electron chi connectivity index (χ0n) is 28.2. The molecule has 1 aliphatic carbocycles. The maximum Gasteiger partial charge on any atom is 0.178 e. The van der Waals surface area contributed by atoms with E-state index in [4.69, 9.17) is 23.7 Å². The number of hydrogen-bond acceptors (Lipinski definition) is 6. The standard InChI is InChI=1S/C41H37F2NO5/c1-40(2)37-32(20-26(42)21-33(37)43)36-30-22-34(46-4)35(47-5)23-31(30)39-29(38(36)40)14-15-41(49-39,25-8-12-28(45-3)13-9-25)24-6-10-27(11-7-24)44-16-18-48-19-17-44/h6-15,20-23H,16-19H2,1-5H3. The van der Waals surface area contributed by atoms with Crippen LogP contribution < -0.4 is 23.8 Å². The summed E-state index contributed by atoms with van der Waals surface area (Å²) in [5.74, 6) is 1.17. The Morgan fingerprint density at radius 2 is 1.37 bits per heavy atom. The fourth-order valence-electron chi connectivity index (χ4n) is 7.98. The van der Waals surface area contributed by atoms with Gasteiger partial charge >= 0.3 is 0 Å². The minimum absolute atomic E-state index is 0.451. The summed E-state index contributed by atoms with van der Waals surface area (Å²) in [4.78, 5) is 2.32. The Morgan fingerprint density at radius 3 is 2.00 bits per heavy atom. The highest BCUT2D eigenvalue weighted by Crippen LogP contribution is 2.59. The fraction of sp³-hybridized carbons (Fsp3) is 0.268. The number of benzene rings is 5. The van der Waals surface area contributed by atoms with E-state index in [1.807, 2.05) is 50.2 Å². The van der Waals surface area contributed by atoms with Gasteiger partial charge in [0.05, 0.1) is 34.5 Å². The summed E-state index contributed by atoms with van der Waals surface area (Å²) in [6.45, 7) is 7.02. The van der Waals surface area contributed by atoms with E-state index in [1.165, 1.54) is 6.07 Å². The van der Waals surface area contributed by atoms with E-state index in [2.05, 4.69) is 41.3 Å². The van der Waals surface area contributed by atoms with E-state index >= 15 is 4.39 Å². The summed E-state index contributed by atoms with van der Waals surface area (Å²) >= 11 is 0. The fourth-order valence-corrected chi connectivity index (χ4v) is 7.98. The molecule has 2 heterocycles. The maximum absolute atomic E-state index is 15.7. The molecular formula is C41H37F2NO5. The third kappa shape index (κ3) is 4.68. The third-order valence-corrected chi connectivity index (χ3v) is 10.3. The number of nitrogens with zero attached hydrogens (tertiary/aromatic N) is 1. The van der Waals surface area contributed by atoms with Crippen molar-refractivity contribution in [2.45, 2.75) is 24.9 Å². The van der Waals surface area contributed by atoms with Crippen LogP contribution in [-0.2, 0) is 15.8 Å². The molecule has 0 saturated carbocycles. The number of fused-ring (bicyclic) bond motifs is 8. The van der Waals surface area contributed by atoms with Crippen LogP contribution in [0.3, 0.4) is 0 Å².